The summed E-state index contributed by atoms with van der Waals surface area (Å²) >= 11 is 1.67. The van der Waals surface area contributed by atoms with Crippen LogP contribution in [0.3, 0.4) is 0 Å². The Morgan fingerprint density at radius 2 is 2.27 bits per heavy atom. The lowest BCUT2D eigenvalue weighted by Gasteiger charge is -2.28. The van der Waals surface area contributed by atoms with Crippen LogP contribution in [0.2, 0.25) is 0 Å². The van der Waals surface area contributed by atoms with E-state index in [1.54, 1.807) is 23.3 Å². The molecule has 0 aliphatic rings. The number of carbonyl (C=O) groups is 1. The number of nitrogens with one attached hydrogen (secondary N) is 1. The van der Waals surface area contributed by atoms with Crippen LogP contribution in [0, 0.1) is 0 Å². The lowest BCUT2D eigenvalue weighted by molar-refractivity contribution is -0.136. The van der Waals surface area contributed by atoms with Crippen molar-refractivity contribution in [3.8, 4) is 0 Å². The fraction of sp³-hybridized carbons (Fsp3) is 0.545. The molecule has 1 rings (SSSR count). The maximum absolute atomic E-state index is 12.0. The highest BCUT2D eigenvalue weighted by Crippen LogP contribution is 2.13. The molecule has 84 valence electrons. The Bertz CT molecular complexity index is 319. The molecule has 0 aliphatic carbocycles. The molecule has 1 aromatic rings. The summed E-state index contributed by atoms with van der Waals surface area (Å²) in [6.45, 7) is 4.46. The molecule has 0 bridgehead atoms. The van der Waals surface area contributed by atoms with Gasteiger partial charge in [-0.2, -0.15) is 0 Å². The molecular formula is C11H18N2OS. The van der Waals surface area contributed by atoms with E-state index in [0.29, 0.717) is 6.54 Å². The molecule has 0 spiro atoms. The Balaban J connectivity index is 2.61. The number of nitrogens with zero attached hydrogens (tertiary/aromatic N) is 1. The standard InChI is InChI=1S/C11H18N2OS/c1-11(2,12-3)10(14)13(4)8-9-6-5-7-15-9/h5-7,12H,8H2,1-4H3. The average molecular weight is 226 g/mol. The monoisotopic (exact) mass is 226 g/mol. The van der Waals surface area contributed by atoms with E-state index in [1.807, 2.05) is 38.4 Å². The lowest BCUT2D eigenvalue weighted by atomic mass is 10.0. The highest BCUT2D eigenvalue weighted by Gasteiger charge is 2.28. The van der Waals surface area contributed by atoms with Crippen LogP contribution in [0.1, 0.15) is 18.7 Å². The minimum absolute atomic E-state index is 0.110. The Morgan fingerprint density at radius 3 is 2.73 bits per heavy atom. The van der Waals surface area contributed by atoms with Crippen molar-refractivity contribution in [1.29, 1.82) is 0 Å². The summed E-state index contributed by atoms with van der Waals surface area (Å²) < 4.78 is 0. The highest BCUT2D eigenvalue weighted by atomic mass is 32.1. The maximum atomic E-state index is 12.0. The van der Waals surface area contributed by atoms with Crippen LogP contribution in [0.5, 0.6) is 0 Å². The van der Waals surface area contributed by atoms with Crippen LogP contribution in [-0.4, -0.2) is 30.4 Å². The van der Waals surface area contributed by atoms with Crippen molar-refractivity contribution < 1.29 is 4.79 Å². The van der Waals surface area contributed by atoms with Gasteiger partial charge in [0.05, 0.1) is 12.1 Å². The molecule has 0 aromatic carbocycles. The molecule has 0 unspecified atom stereocenters. The Hall–Kier alpha value is -0.870. The summed E-state index contributed by atoms with van der Waals surface area (Å²) in [6.07, 6.45) is 0. The number of thiophene rings is 1. The SMILES string of the molecule is CNC(C)(C)C(=O)N(C)Cc1cccs1. The molecule has 0 fully saturated rings. The topological polar surface area (TPSA) is 32.3 Å². The van der Waals surface area contributed by atoms with Gasteiger partial charge < -0.3 is 10.2 Å². The van der Waals surface area contributed by atoms with E-state index in [2.05, 4.69) is 5.32 Å². The van der Waals surface area contributed by atoms with E-state index in [1.165, 1.54) is 4.88 Å². The molecule has 0 saturated heterocycles. The zero-order valence-electron chi connectivity index (χ0n) is 9.70. The Morgan fingerprint density at radius 1 is 1.60 bits per heavy atom. The summed E-state index contributed by atoms with van der Waals surface area (Å²) in [5.74, 6) is 0.110. The van der Waals surface area contributed by atoms with Gasteiger partial charge in [-0.15, -0.1) is 11.3 Å². The molecule has 15 heavy (non-hydrogen) atoms. The summed E-state index contributed by atoms with van der Waals surface area (Å²) in [6, 6.07) is 4.04. The average Bonchev–Trinajstić information content (AvgIpc) is 2.69. The Kier molecular flexibility index (Phi) is 3.88. The van der Waals surface area contributed by atoms with Crippen LogP contribution in [-0.2, 0) is 11.3 Å². The molecule has 3 nitrogen and oxygen atoms in total. The van der Waals surface area contributed by atoms with Crippen LogP contribution < -0.4 is 5.32 Å². The van der Waals surface area contributed by atoms with Gasteiger partial charge in [0.15, 0.2) is 0 Å². The number of hydrogen-bond donors (Lipinski definition) is 1. The number of amides is 1. The van der Waals surface area contributed by atoms with Gasteiger partial charge in [0, 0.05) is 11.9 Å². The molecule has 1 amide bonds. The van der Waals surface area contributed by atoms with Crippen molar-refractivity contribution in [2.45, 2.75) is 25.9 Å². The van der Waals surface area contributed by atoms with Gasteiger partial charge in [-0.25, -0.2) is 0 Å². The molecular weight excluding hydrogens is 208 g/mol. The molecule has 1 aromatic heterocycles. The van der Waals surface area contributed by atoms with Gasteiger partial charge in [-0.3, -0.25) is 4.79 Å². The maximum Gasteiger partial charge on any atom is 0.242 e. The number of rotatable bonds is 4. The fourth-order valence-electron chi connectivity index (χ4n) is 1.29. The second kappa shape index (κ2) is 4.77. The summed E-state index contributed by atoms with van der Waals surface area (Å²) in [4.78, 5) is 14.9. The zero-order valence-corrected chi connectivity index (χ0v) is 10.5. The molecule has 0 radical (unpaired) electrons. The van der Waals surface area contributed by atoms with Crippen molar-refractivity contribution in [2.75, 3.05) is 14.1 Å². The van der Waals surface area contributed by atoms with Crippen molar-refractivity contribution >= 4 is 17.2 Å². The predicted octanol–water partition coefficient (Wildman–Crippen LogP) is 1.70. The van der Waals surface area contributed by atoms with E-state index in [9.17, 15) is 4.79 Å². The van der Waals surface area contributed by atoms with E-state index >= 15 is 0 Å². The normalized spacial score (nSPS) is 11.5. The van der Waals surface area contributed by atoms with E-state index in [0.717, 1.165) is 0 Å². The molecule has 0 saturated carbocycles. The summed E-state index contributed by atoms with van der Waals surface area (Å²) in [5.41, 5.74) is -0.494. The number of likely N-dealkylation sites (N-methyl/N-ethyl adjacent to an activating group) is 2. The lowest BCUT2D eigenvalue weighted by Crippen LogP contribution is -2.51. The Labute approximate surface area is 95.1 Å². The number of hydrogen-bond acceptors (Lipinski definition) is 3. The minimum Gasteiger partial charge on any atom is -0.339 e. The predicted molar refractivity (Wildman–Crippen MR) is 63.9 cm³/mol. The van der Waals surface area contributed by atoms with E-state index < -0.39 is 5.54 Å². The second-order valence-electron chi connectivity index (χ2n) is 4.12. The third-order valence-corrected chi connectivity index (χ3v) is 3.34. The minimum atomic E-state index is -0.494. The second-order valence-corrected chi connectivity index (χ2v) is 5.15. The van der Waals surface area contributed by atoms with Crippen LogP contribution in [0.4, 0.5) is 0 Å². The van der Waals surface area contributed by atoms with Crippen molar-refractivity contribution in [1.82, 2.24) is 10.2 Å². The largest absolute Gasteiger partial charge is 0.339 e. The first-order chi connectivity index (χ1) is 6.97. The summed E-state index contributed by atoms with van der Waals surface area (Å²) in [5, 5.41) is 5.04. The van der Waals surface area contributed by atoms with Gasteiger partial charge in [0.25, 0.3) is 0 Å². The first kappa shape index (κ1) is 12.2. The van der Waals surface area contributed by atoms with Crippen LogP contribution in [0.15, 0.2) is 17.5 Å². The van der Waals surface area contributed by atoms with E-state index in [-0.39, 0.29) is 5.91 Å². The third-order valence-electron chi connectivity index (χ3n) is 2.48. The smallest absolute Gasteiger partial charge is 0.242 e. The third kappa shape index (κ3) is 3.04. The summed E-state index contributed by atoms with van der Waals surface area (Å²) in [7, 11) is 3.64. The highest BCUT2D eigenvalue weighted by molar-refractivity contribution is 7.09. The fourth-order valence-corrected chi connectivity index (χ4v) is 2.05. The van der Waals surface area contributed by atoms with E-state index in [4.69, 9.17) is 0 Å². The molecule has 4 heteroatoms. The first-order valence-corrected chi connectivity index (χ1v) is 5.82. The number of carbonyl (C=O) groups excluding carboxylic acids is 1. The molecule has 1 N–H and O–H groups in total. The van der Waals surface area contributed by atoms with Gasteiger partial charge >= 0.3 is 0 Å². The van der Waals surface area contributed by atoms with Gasteiger partial charge in [-0.05, 0) is 32.3 Å². The van der Waals surface area contributed by atoms with Crippen LogP contribution in [0.25, 0.3) is 0 Å². The quantitative estimate of drug-likeness (QED) is 0.847. The van der Waals surface area contributed by atoms with Gasteiger partial charge in [0.2, 0.25) is 5.91 Å². The molecule has 1 heterocycles. The van der Waals surface area contributed by atoms with Gasteiger partial charge in [0.1, 0.15) is 0 Å². The van der Waals surface area contributed by atoms with Crippen molar-refractivity contribution in [3.05, 3.63) is 22.4 Å². The zero-order chi connectivity index (χ0) is 11.5. The van der Waals surface area contributed by atoms with Crippen molar-refractivity contribution in [3.63, 3.8) is 0 Å². The van der Waals surface area contributed by atoms with Gasteiger partial charge in [-0.1, -0.05) is 6.07 Å². The van der Waals surface area contributed by atoms with Crippen LogP contribution >= 0.6 is 11.3 Å². The molecule has 0 aliphatic heterocycles. The molecule has 0 atom stereocenters. The first-order valence-electron chi connectivity index (χ1n) is 4.94. The van der Waals surface area contributed by atoms with Crippen molar-refractivity contribution in [2.24, 2.45) is 0 Å².